The van der Waals surface area contributed by atoms with Crippen molar-refractivity contribution in [3.63, 3.8) is 0 Å². The van der Waals surface area contributed by atoms with Gasteiger partial charge in [-0.05, 0) is 6.42 Å². The van der Waals surface area contributed by atoms with E-state index in [0.29, 0.717) is 11.1 Å². The Morgan fingerprint density at radius 2 is 1.82 bits per heavy atom. The first-order valence-electron chi connectivity index (χ1n) is 5.13. The van der Waals surface area contributed by atoms with Crippen LogP contribution < -0.4 is 4.99 Å². The molecule has 1 aromatic rings. The highest BCUT2D eigenvalue weighted by molar-refractivity contribution is 7.79. The molecule has 0 fully saturated rings. The Hall–Kier alpha value is -1.47. The molecule has 3 atom stereocenters. The molecule has 7 heteroatoms. The van der Waals surface area contributed by atoms with Gasteiger partial charge in [-0.3, -0.25) is 0 Å². The number of hydrogen-bond acceptors (Lipinski definition) is 5. The average Bonchev–Trinajstić information content (AvgIpc) is 2.92. The lowest BCUT2D eigenvalue weighted by atomic mass is 10.0. The summed E-state index contributed by atoms with van der Waals surface area (Å²) in [5.74, 6) is -0.171. The summed E-state index contributed by atoms with van der Waals surface area (Å²) in [4.78, 5) is 4.64. The zero-order valence-electron chi connectivity index (χ0n) is 8.99. The molecule has 2 bridgehead atoms. The summed E-state index contributed by atoms with van der Waals surface area (Å²) in [6, 6.07) is 0. The molecule has 0 radical (unpaired) electrons. The van der Waals surface area contributed by atoms with Crippen LogP contribution in [-0.4, -0.2) is 25.4 Å². The molecule has 0 aliphatic heterocycles. The first-order chi connectivity index (χ1) is 8.09. The van der Waals surface area contributed by atoms with E-state index in [-0.39, 0.29) is 23.6 Å². The normalized spacial score (nSPS) is 26.2. The van der Waals surface area contributed by atoms with Crippen molar-refractivity contribution in [2.75, 3.05) is 6.26 Å². The molecule has 1 aromatic heterocycles. The molecule has 6 nitrogen and oxygen atoms in total. The second-order valence-electron chi connectivity index (χ2n) is 4.15. The Morgan fingerprint density at radius 1 is 1.29 bits per heavy atom. The number of rotatable bonds is 3. The Kier molecular flexibility index (Phi) is 2.20. The zero-order valence-corrected chi connectivity index (χ0v) is 9.81. The quantitative estimate of drug-likeness (QED) is 0.473. The van der Waals surface area contributed by atoms with Crippen molar-refractivity contribution in [3.05, 3.63) is 23.3 Å². The van der Waals surface area contributed by atoms with Crippen LogP contribution in [0.1, 0.15) is 29.4 Å². The summed E-state index contributed by atoms with van der Waals surface area (Å²) >= 11 is -1.65. The van der Waals surface area contributed by atoms with Gasteiger partial charge in [0, 0.05) is 29.2 Å². The summed E-state index contributed by atoms with van der Waals surface area (Å²) in [7, 11) is 0. The van der Waals surface area contributed by atoms with Crippen LogP contribution in [0.4, 0.5) is 0 Å². The van der Waals surface area contributed by atoms with Gasteiger partial charge in [-0.1, -0.05) is 21.2 Å². The second kappa shape index (κ2) is 3.51. The van der Waals surface area contributed by atoms with Gasteiger partial charge < -0.3 is 10.2 Å². The van der Waals surface area contributed by atoms with Crippen LogP contribution in [-0.2, 0) is 15.4 Å². The summed E-state index contributed by atoms with van der Waals surface area (Å²) in [5.41, 5.74) is 1.33. The lowest BCUT2D eigenvalue weighted by Gasteiger charge is -2.06. The molecule has 0 aromatic carbocycles. The summed E-state index contributed by atoms with van der Waals surface area (Å²) in [5, 5.41) is 19.9. The molecule has 92 valence electrons. The molecule has 2 aliphatic carbocycles. The largest absolute Gasteiger partial charge is 0.492 e. The van der Waals surface area contributed by atoms with E-state index in [1.807, 2.05) is 12.2 Å². The topological polar surface area (TPSA) is 80.9 Å². The maximum Gasteiger partial charge on any atom is 0.237 e. The van der Waals surface area contributed by atoms with E-state index in [1.165, 1.54) is 6.26 Å². The van der Waals surface area contributed by atoms with E-state index < -0.39 is 11.1 Å². The highest BCUT2D eigenvalue weighted by Gasteiger charge is 2.42. The van der Waals surface area contributed by atoms with Crippen LogP contribution in [0.5, 0.6) is 11.8 Å². The molecular formula is C10H11NO5S. The van der Waals surface area contributed by atoms with E-state index in [1.54, 1.807) is 0 Å². The fraction of sp³-hybridized carbons (Fsp3) is 0.400. The van der Waals surface area contributed by atoms with Crippen molar-refractivity contribution >= 4 is 11.1 Å². The Bertz CT molecular complexity index is 500. The zero-order chi connectivity index (χ0) is 12.2. The average molecular weight is 257 g/mol. The predicted octanol–water partition coefficient (Wildman–Crippen LogP) is 0.694. The third-order valence-electron chi connectivity index (χ3n) is 3.18. The number of allylic oxidation sites excluding steroid dienone is 2. The van der Waals surface area contributed by atoms with Gasteiger partial charge in [0.25, 0.3) is 0 Å². The van der Waals surface area contributed by atoms with Gasteiger partial charge in [-0.15, -0.1) is 0 Å². The molecule has 17 heavy (non-hydrogen) atoms. The highest BCUT2D eigenvalue weighted by atomic mass is 32.2. The molecule has 0 saturated carbocycles. The maximum atomic E-state index is 10.7. The fourth-order valence-electron chi connectivity index (χ4n) is 2.56. The minimum Gasteiger partial charge on any atom is -0.492 e. The van der Waals surface area contributed by atoms with Crippen LogP contribution in [0.2, 0.25) is 0 Å². The van der Waals surface area contributed by atoms with Gasteiger partial charge in [0.2, 0.25) is 11.8 Å². The third kappa shape index (κ3) is 1.39. The SMILES string of the molecule is CS(=O)OOn1c(O)c2c(c1O)C1C=CC2C1. The molecule has 0 spiro atoms. The number of nitrogens with zero attached hydrogens (tertiary/aromatic N) is 1. The van der Waals surface area contributed by atoms with Crippen LogP contribution in [0.25, 0.3) is 0 Å². The third-order valence-corrected chi connectivity index (χ3v) is 3.44. The predicted molar refractivity (Wildman–Crippen MR) is 58.7 cm³/mol. The fourth-order valence-corrected chi connectivity index (χ4v) is 2.71. The molecule has 1 heterocycles. The highest BCUT2D eigenvalue weighted by Crippen LogP contribution is 2.56. The lowest BCUT2D eigenvalue weighted by molar-refractivity contribution is -0.205. The molecule has 0 amide bonds. The minimum atomic E-state index is -1.65. The minimum absolute atomic E-state index is 0.109. The van der Waals surface area contributed by atoms with Gasteiger partial charge in [0.15, 0.2) is 11.1 Å². The van der Waals surface area contributed by atoms with E-state index in [0.717, 1.165) is 11.2 Å². The Balaban J connectivity index is 2.00. The van der Waals surface area contributed by atoms with Gasteiger partial charge >= 0.3 is 0 Å². The van der Waals surface area contributed by atoms with Gasteiger partial charge in [-0.25, -0.2) is 9.20 Å². The Labute approximate surface area is 99.6 Å². The first-order valence-corrected chi connectivity index (χ1v) is 6.61. The van der Waals surface area contributed by atoms with E-state index in [4.69, 9.17) is 0 Å². The van der Waals surface area contributed by atoms with Crippen molar-refractivity contribution < 1.29 is 23.7 Å². The number of hydrogen-bond donors (Lipinski definition) is 2. The van der Waals surface area contributed by atoms with Gasteiger partial charge in [0.05, 0.1) is 0 Å². The number of aromatic hydroxyl groups is 2. The molecule has 3 rings (SSSR count). The molecule has 2 N–H and O–H groups in total. The second-order valence-corrected chi connectivity index (χ2v) is 5.09. The molecule has 3 unspecified atom stereocenters. The van der Waals surface area contributed by atoms with Crippen molar-refractivity contribution in [1.29, 1.82) is 0 Å². The monoisotopic (exact) mass is 257 g/mol. The number of aromatic nitrogens is 1. The lowest BCUT2D eigenvalue weighted by Crippen LogP contribution is -2.12. The Morgan fingerprint density at radius 3 is 2.29 bits per heavy atom. The smallest absolute Gasteiger partial charge is 0.237 e. The maximum absolute atomic E-state index is 10.7. The van der Waals surface area contributed by atoms with Crippen molar-refractivity contribution in [2.24, 2.45) is 0 Å². The van der Waals surface area contributed by atoms with Crippen LogP contribution in [0.3, 0.4) is 0 Å². The van der Waals surface area contributed by atoms with Crippen LogP contribution in [0, 0.1) is 0 Å². The summed E-state index contributed by atoms with van der Waals surface area (Å²) in [6.45, 7) is 0. The summed E-state index contributed by atoms with van der Waals surface area (Å²) in [6.07, 6.45) is 6.13. The van der Waals surface area contributed by atoms with Crippen molar-refractivity contribution in [3.8, 4) is 11.8 Å². The van der Waals surface area contributed by atoms with Gasteiger partial charge in [-0.2, -0.15) is 0 Å². The first kappa shape index (κ1) is 10.7. The van der Waals surface area contributed by atoms with Crippen molar-refractivity contribution in [2.45, 2.75) is 18.3 Å². The van der Waals surface area contributed by atoms with Crippen molar-refractivity contribution in [1.82, 2.24) is 4.73 Å². The van der Waals surface area contributed by atoms with E-state index >= 15 is 0 Å². The van der Waals surface area contributed by atoms with Crippen LogP contribution in [0.15, 0.2) is 12.2 Å². The molecule has 2 aliphatic rings. The van der Waals surface area contributed by atoms with E-state index in [9.17, 15) is 14.4 Å². The summed E-state index contributed by atoms with van der Waals surface area (Å²) < 4.78 is 15.9. The number of fused-ring (bicyclic) bond motifs is 5. The van der Waals surface area contributed by atoms with Crippen LogP contribution >= 0.6 is 0 Å². The van der Waals surface area contributed by atoms with Gasteiger partial charge in [0.1, 0.15) is 0 Å². The molecule has 0 saturated heterocycles. The standard InChI is InChI=1S/C10H11NO5S/c1-17(14)16-15-11-9(12)7-5-2-3-6(4-5)8(7)10(11)13/h2-3,5-6,12-13H,4H2,1H3. The van der Waals surface area contributed by atoms with E-state index in [2.05, 4.69) is 9.32 Å². The molecular weight excluding hydrogens is 246 g/mol.